The Morgan fingerprint density at radius 1 is 1.25 bits per heavy atom. The number of anilines is 3. The predicted molar refractivity (Wildman–Crippen MR) is 119 cm³/mol. The van der Waals surface area contributed by atoms with Gasteiger partial charge in [0.05, 0.1) is 24.3 Å². The van der Waals surface area contributed by atoms with Gasteiger partial charge in [-0.1, -0.05) is 30.3 Å². The standard InChI is InChI=1S/C22H22N6O4/c1-14-9-19(32-3)17(10-18(14)28(30)31)24-21-23-11-16-13-27(12-15-7-5-4-6-8-15)22(29)26(2)20(16)25-21/h4-11H,12-13H2,1-3H3,(H,23,24,25). The van der Waals surface area contributed by atoms with Gasteiger partial charge in [0.2, 0.25) is 5.95 Å². The summed E-state index contributed by atoms with van der Waals surface area (Å²) in [6.07, 6.45) is 1.65. The zero-order valence-electron chi connectivity index (χ0n) is 17.9. The number of hydrogen-bond acceptors (Lipinski definition) is 7. The average molecular weight is 434 g/mol. The van der Waals surface area contributed by atoms with Gasteiger partial charge in [0.1, 0.15) is 11.6 Å². The van der Waals surface area contributed by atoms with Crippen LogP contribution in [0.1, 0.15) is 16.7 Å². The highest BCUT2D eigenvalue weighted by molar-refractivity contribution is 5.93. The van der Waals surface area contributed by atoms with Gasteiger partial charge >= 0.3 is 6.03 Å². The number of carbonyl (C=O) groups excluding carboxylic acids is 1. The molecule has 0 atom stereocenters. The summed E-state index contributed by atoms with van der Waals surface area (Å²) in [4.78, 5) is 35.8. The molecule has 0 saturated heterocycles. The van der Waals surface area contributed by atoms with E-state index < -0.39 is 4.92 Å². The molecule has 1 aliphatic rings. The average Bonchev–Trinajstić information content (AvgIpc) is 2.79. The van der Waals surface area contributed by atoms with Gasteiger partial charge in [0.25, 0.3) is 5.69 Å². The zero-order valence-corrected chi connectivity index (χ0v) is 17.9. The lowest BCUT2D eigenvalue weighted by atomic mass is 10.1. The van der Waals surface area contributed by atoms with E-state index >= 15 is 0 Å². The van der Waals surface area contributed by atoms with E-state index in [-0.39, 0.29) is 17.7 Å². The molecule has 2 heterocycles. The van der Waals surface area contributed by atoms with Gasteiger partial charge < -0.3 is 15.0 Å². The van der Waals surface area contributed by atoms with Crippen LogP contribution in [0.3, 0.4) is 0 Å². The van der Waals surface area contributed by atoms with Crippen LogP contribution in [0.25, 0.3) is 0 Å². The second kappa shape index (κ2) is 8.50. The van der Waals surface area contributed by atoms with Crippen molar-refractivity contribution < 1.29 is 14.5 Å². The molecule has 0 radical (unpaired) electrons. The predicted octanol–water partition coefficient (Wildman–Crippen LogP) is 4.02. The first-order valence-corrected chi connectivity index (χ1v) is 9.90. The fourth-order valence-electron chi connectivity index (χ4n) is 3.62. The monoisotopic (exact) mass is 434 g/mol. The molecule has 3 aromatic rings. The molecule has 1 aliphatic heterocycles. The number of fused-ring (bicyclic) bond motifs is 1. The van der Waals surface area contributed by atoms with Crippen molar-refractivity contribution in [3.63, 3.8) is 0 Å². The van der Waals surface area contributed by atoms with E-state index in [2.05, 4.69) is 15.3 Å². The summed E-state index contributed by atoms with van der Waals surface area (Å²) < 4.78 is 5.34. The number of aryl methyl sites for hydroxylation is 1. The third-order valence-corrected chi connectivity index (χ3v) is 5.26. The number of nitro benzene ring substituents is 1. The molecule has 4 rings (SSSR count). The summed E-state index contributed by atoms with van der Waals surface area (Å²) in [5.41, 5.74) is 2.63. The highest BCUT2D eigenvalue weighted by Crippen LogP contribution is 2.34. The number of carbonyl (C=O) groups is 1. The summed E-state index contributed by atoms with van der Waals surface area (Å²) in [6.45, 7) is 2.50. The van der Waals surface area contributed by atoms with Crippen LogP contribution in [-0.2, 0) is 13.1 Å². The molecule has 2 aromatic carbocycles. The van der Waals surface area contributed by atoms with E-state index in [1.54, 1.807) is 31.1 Å². The highest BCUT2D eigenvalue weighted by atomic mass is 16.6. The Labute approximate surface area is 184 Å². The van der Waals surface area contributed by atoms with Crippen molar-refractivity contribution >= 4 is 29.2 Å². The topological polar surface area (TPSA) is 114 Å². The summed E-state index contributed by atoms with van der Waals surface area (Å²) in [7, 11) is 3.14. The molecule has 2 amide bonds. The SMILES string of the molecule is COc1cc(C)c([N+](=O)[O-])cc1Nc1ncc2c(n1)N(C)C(=O)N(Cc1ccccc1)C2. The number of methoxy groups -OCH3 is 1. The minimum absolute atomic E-state index is 0.0462. The van der Waals surface area contributed by atoms with Crippen molar-refractivity contribution in [3.8, 4) is 5.75 Å². The number of nitro groups is 1. The van der Waals surface area contributed by atoms with Crippen LogP contribution in [0, 0.1) is 17.0 Å². The molecule has 0 aliphatic carbocycles. The van der Waals surface area contributed by atoms with Crippen molar-refractivity contribution in [3.05, 3.63) is 75.5 Å². The first-order valence-electron chi connectivity index (χ1n) is 9.90. The zero-order chi connectivity index (χ0) is 22.8. The maximum absolute atomic E-state index is 12.9. The number of rotatable bonds is 6. The lowest BCUT2D eigenvalue weighted by molar-refractivity contribution is -0.385. The minimum atomic E-state index is -0.457. The maximum atomic E-state index is 12.9. The Morgan fingerprint density at radius 2 is 2.00 bits per heavy atom. The number of nitrogens with one attached hydrogen (secondary N) is 1. The second-order valence-electron chi connectivity index (χ2n) is 7.45. The molecule has 32 heavy (non-hydrogen) atoms. The molecule has 0 unspecified atom stereocenters. The molecule has 0 fully saturated rings. The van der Waals surface area contributed by atoms with Crippen LogP contribution >= 0.6 is 0 Å². The summed E-state index contributed by atoms with van der Waals surface area (Å²) >= 11 is 0. The van der Waals surface area contributed by atoms with Crippen molar-refractivity contribution in [1.29, 1.82) is 0 Å². The Kier molecular flexibility index (Phi) is 5.59. The van der Waals surface area contributed by atoms with Gasteiger partial charge in [-0.05, 0) is 18.6 Å². The number of amides is 2. The summed E-state index contributed by atoms with van der Waals surface area (Å²) in [5, 5.41) is 14.3. The quantitative estimate of drug-likeness (QED) is 0.460. The van der Waals surface area contributed by atoms with Crippen LogP contribution < -0.4 is 15.0 Å². The number of ether oxygens (including phenoxy) is 1. The van der Waals surface area contributed by atoms with Gasteiger partial charge in [-0.3, -0.25) is 15.0 Å². The molecule has 0 spiro atoms. The maximum Gasteiger partial charge on any atom is 0.326 e. The van der Waals surface area contributed by atoms with Gasteiger partial charge in [-0.25, -0.2) is 9.78 Å². The number of hydrogen-bond donors (Lipinski definition) is 1. The van der Waals surface area contributed by atoms with Gasteiger partial charge in [0, 0.05) is 37.0 Å². The second-order valence-corrected chi connectivity index (χ2v) is 7.45. The van der Waals surface area contributed by atoms with Crippen LogP contribution in [0.2, 0.25) is 0 Å². The van der Waals surface area contributed by atoms with Crippen molar-refractivity contribution in [2.24, 2.45) is 0 Å². The molecule has 1 aromatic heterocycles. The van der Waals surface area contributed by atoms with E-state index in [4.69, 9.17) is 4.74 Å². The molecule has 1 N–H and O–H groups in total. The van der Waals surface area contributed by atoms with E-state index in [1.165, 1.54) is 18.1 Å². The van der Waals surface area contributed by atoms with Crippen molar-refractivity contribution in [2.45, 2.75) is 20.0 Å². The molecular formula is C22H22N6O4. The number of nitrogens with zero attached hydrogens (tertiary/aromatic N) is 5. The normalized spacial score (nSPS) is 13.0. The number of aromatic nitrogens is 2. The largest absolute Gasteiger partial charge is 0.495 e. The van der Waals surface area contributed by atoms with E-state index in [1.807, 2.05) is 30.3 Å². The Morgan fingerprint density at radius 3 is 2.69 bits per heavy atom. The smallest absolute Gasteiger partial charge is 0.326 e. The summed E-state index contributed by atoms with van der Waals surface area (Å²) in [5.74, 6) is 1.11. The Hall–Kier alpha value is -4.21. The Bertz CT molecular complexity index is 1180. The number of urea groups is 1. The van der Waals surface area contributed by atoms with Crippen molar-refractivity contribution in [2.75, 3.05) is 24.4 Å². The lowest BCUT2D eigenvalue weighted by Crippen LogP contribution is -2.45. The van der Waals surface area contributed by atoms with E-state index in [9.17, 15) is 14.9 Å². The fraction of sp³-hybridized carbons (Fsp3) is 0.227. The van der Waals surface area contributed by atoms with Crippen LogP contribution in [0.4, 0.5) is 27.9 Å². The van der Waals surface area contributed by atoms with Crippen molar-refractivity contribution in [1.82, 2.24) is 14.9 Å². The Balaban J connectivity index is 1.61. The molecule has 10 heteroatoms. The first-order chi connectivity index (χ1) is 15.4. The third kappa shape index (κ3) is 4.02. The number of benzene rings is 2. The van der Waals surface area contributed by atoms with Gasteiger partial charge in [0.15, 0.2) is 0 Å². The molecular weight excluding hydrogens is 412 g/mol. The van der Waals surface area contributed by atoms with Crippen LogP contribution in [0.5, 0.6) is 5.75 Å². The van der Waals surface area contributed by atoms with Gasteiger partial charge in [-0.15, -0.1) is 0 Å². The first kappa shape index (κ1) is 21.0. The van der Waals surface area contributed by atoms with E-state index in [0.717, 1.165) is 11.1 Å². The van der Waals surface area contributed by atoms with Gasteiger partial charge in [-0.2, -0.15) is 4.98 Å². The molecule has 164 valence electrons. The van der Waals surface area contributed by atoms with Crippen LogP contribution in [0.15, 0.2) is 48.7 Å². The van der Waals surface area contributed by atoms with E-state index in [0.29, 0.717) is 35.9 Å². The third-order valence-electron chi connectivity index (χ3n) is 5.26. The molecule has 0 bridgehead atoms. The molecule has 10 nitrogen and oxygen atoms in total. The van der Waals surface area contributed by atoms with Crippen LogP contribution in [-0.4, -0.2) is 40.0 Å². The highest BCUT2D eigenvalue weighted by Gasteiger charge is 2.30. The lowest BCUT2D eigenvalue weighted by Gasteiger charge is -2.34. The fourth-order valence-corrected chi connectivity index (χ4v) is 3.62. The minimum Gasteiger partial charge on any atom is -0.495 e. The summed E-state index contributed by atoms with van der Waals surface area (Å²) in [6, 6.07) is 12.5. The molecule has 0 saturated carbocycles.